The minimum absolute atomic E-state index is 0.0255. The molecule has 190 valence electrons. The number of anilines is 1. The zero-order chi connectivity index (χ0) is 26.9. The van der Waals surface area contributed by atoms with E-state index in [9.17, 15) is 4.39 Å². The molecule has 0 bridgehead atoms. The van der Waals surface area contributed by atoms with Crippen molar-refractivity contribution in [3.63, 3.8) is 0 Å². The number of hydrogen-bond donors (Lipinski definition) is 1. The van der Waals surface area contributed by atoms with Crippen molar-refractivity contribution in [1.29, 1.82) is 5.26 Å². The highest BCUT2D eigenvalue weighted by Crippen LogP contribution is 2.29. The summed E-state index contributed by atoms with van der Waals surface area (Å²) in [5, 5.41) is 18.0. The van der Waals surface area contributed by atoms with Gasteiger partial charge in [0.2, 0.25) is 0 Å². The van der Waals surface area contributed by atoms with E-state index >= 15 is 4.39 Å². The summed E-state index contributed by atoms with van der Waals surface area (Å²) < 4.78 is 33.0. The first-order valence-electron chi connectivity index (χ1n) is 11.9. The highest BCUT2D eigenvalue weighted by Gasteiger charge is 2.18. The van der Waals surface area contributed by atoms with E-state index in [-0.39, 0.29) is 34.7 Å². The average molecular weight is 520 g/mol. The molecule has 0 spiro atoms. The molecule has 9 nitrogen and oxygen atoms in total. The molecule has 0 fully saturated rings. The van der Waals surface area contributed by atoms with E-state index in [2.05, 4.69) is 25.1 Å². The molecule has 2 N–H and O–H groups in total. The van der Waals surface area contributed by atoms with E-state index in [4.69, 9.17) is 11.0 Å². The number of nitrogen functional groups attached to an aromatic ring is 1. The Labute approximate surface area is 220 Å². The first-order chi connectivity index (χ1) is 19.0. The van der Waals surface area contributed by atoms with Gasteiger partial charge in [0.1, 0.15) is 17.7 Å². The van der Waals surface area contributed by atoms with Crippen LogP contribution in [-0.2, 0) is 13.0 Å². The number of nitriles is 1. The molecule has 4 aromatic heterocycles. The number of hydrogen-bond acceptors (Lipinski definition) is 7. The Hall–Kier alpha value is -5.50. The Morgan fingerprint density at radius 3 is 2.62 bits per heavy atom. The number of aromatic nitrogens is 7. The molecule has 0 aliphatic heterocycles. The maximum Gasteiger partial charge on any atom is 0.198 e. The topological polar surface area (TPSA) is 124 Å². The molecule has 6 aromatic rings. The minimum Gasteiger partial charge on any atom is -0.381 e. The summed E-state index contributed by atoms with van der Waals surface area (Å²) in [5.41, 5.74) is 9.21. The molecule has 0 atom stereocenters. The quantitative estimate of drug-likeness (QED) is 0.345. The van der Waals surface area contributed by atoms with Gasteiger partial charge in [0.05, 0.1) is 35.9 Å². The molecule has 39 heavy (non-hydrogen) atoms. The first kappa shape index (κ1) is 23.9. The van der Waals surface area contributed by atoms with Crippen molar-refractivity contribution < 1.29 is 8.78 Å². The number of fused-ring (bicyclic) bond motifs is 1. The van der Waals surface area contributed by atoms with Gasteiger partial charge in [0, 0.05) is 35.5 Å². The lowest BCUT2D eigenvalue weighted by atomic mass is 9.99. The second-order valence-electron chi connectivity index (χ2n) is 8.78. The van der Waals surface area contributed by atoms with Crippen LogP contribution >= 0.6 is 0 Å². The molecule has 6 rings (SSSR count). The number of halogens is 2. The summed E-state index contributed by atoms with van der Waals surface area (Å²) in [4.78, 5) is 13.0. The number of benzene rings is 2. The number of nitrogens with two attached hydrogens (primary N) is 1. The van der Waals surface area contributed by atoms with Crippen LogP contribution in [0.3, 0.4) is 0 Å². The van der Waals surface area contributed by atoms with Gasteiger partial charge in [-0.1, -0.05) is 24.3 Å². The Balaban J connectivity index is 1.34. The molecular formula is C28H19F2N9. The predicted molar refractivity (Wildman–Crippen MR) is 139 cm³/mol. The average Bonchev–Trinajstić information content (AvgIpc) is 3.58. The van der Waals surface area contributed by atoms with Crippen LogP contribution in [0.25, 0.3) is 28.0 Å². The van der Waals surface area contributed by atoms with E-state index in [1.165, 1.54) is 28.9 Å². The second kappa shape index (κ2) is 9.75. The smallest absolute Gasteiger partial charge is 0.198 e. The fourth-order valence-corrected chi connectivity index (χ4v) is 4.39. The van der Waals surface area contributed by atoms with E-state index < -0.39 is 11.6 Å². The molecule has 0 saturated carbocycles. The van der Waals surface area contributed by atoms with Crippen molar-refractivity contribution >= 4 is 11.5 Å². The number of rotatable bonds is 6. The van der Waals surface area contributed by atoms with Crippen molar-refractivity contribution in [3.05, 3.63) is 114 Å². The van der Waals surface area contributed by atoms with Gasteiger partial charge in [-0.15, -0.1) is 0 Å². The molecule has 0 aliphatic carbocycles. The first-order valence-corrected chi connectivity index (χ1v) is 11.9. The molecule has 0 aliphatic rings. The highest BCUT2D eigenvalue weighted by molar-refractivity contribution is 5.69. The summed E-state index contributed by atoms with van der Waals surface area (Å²) in [6.45, 7) is 0.478. The lowest BCUT2D eigenvalue weighted by molar-refractivity contribution is 0.613. The second-order valence-corrected chi connectivity index (χ2v) is 8.78. The summed E-state index contributed by atoms with van der Waals surface area (Å²) >= 11 is 0. The lowest BCUT2D eigenvalue weighted by Crippen LogP contribution is -2.01. The Morgan fingerprint density at radius 1 is 0.949 bits per heavy atom. The van der Waals surface area contributed by atoms with Crippen molar-refractivity contribution in [1.82, 2.24) is 34.3 Å². The highest BCUT2D eigenvalue weighted by atomic mass is 19.1. The van der Waals surface area contributed by atoms with Crippen LogP contribution in [0.5, 0.6) is 0 Å². The van der Waals surface area contributed by atoms with Gasteiger partial charge in [0.25, 0.3) is 0 Å². The fraction of sp³-hybridized carbons (Fsp3) is 0.0714. The van der Waals surface area contributed by atoms with Gasteiger partial charge in [-0.3, -0.25) is 9.67 Å². The molecule has 0 radical (unpaired) electrons. The Bertz CT molecular complexity index is 1870. The Kier molecular flexibility index (Phi) is 5.97. The van der Waals surface area contributed by atoms with Gasteiger partial charge in [-0.25, -0.2) is 23.3 Å². The van der Waals surface area contributed by atoms with E-state index in [1.54, 1.807) is 29.2 Å². The van der Waals surface area contributed by atoms with Crippen LogP contribution in [-0.4, -0.2) is 34.3 Å². The summed E-state index contributed by atoms with van der Waals surface area (Å²) in [6.07, 6.45) is 6.78. The third-order valence-corrected chi connectivity index (χ3v) is 6.23. The maximum atomic E-state index is 15.1. The molecule has 2 aromatic carbocycles. The van der Waals surface area contributed by atoms with E-state index in [1.807, 2.05) is 36.5 Å². The van der Waals surface area contributed by atoms with E-state index in [0.717, 1.165) is 11.3 Å². The third kappa shape index (κ3) is 4.55. The van der Waals surface area contributed by atoms with E-state index in [0.29, 0.717) is 23.5 Å². The standard InChI is InChI=1S/C28H19F2N9/c29-23-9-4-7-20(18-13-34-38(14-18)15-19-6-1-2-10-33-19)22(23)11-25-36-28-27(32)35-24(16-39(28)37-25)21-8-3-5-17(12-31)26(21)30/h1-10,13-14,16H,11,15H2,(H2,32,35). The van der Waals surface area contributed by atoms with Crippen LogP contribution in [0.1, 0.15) is 22.6 Å². The molecular weight excluding hydrogens is 500 g/mol. The number of pyridine rings is 1. The molecule has 0 saturated heterocycles. The Morgan fingerprint density at radius 2 is 1.79 bits per heavy atom. The van der Waals surface area contributed by atoms with Crippen LogP contribution in [0.2, 0.25) is 0 Å². The predicted octanol–water partition coefficient (Wildman–Crippen LogP) is 4.42. The molecule has 0 amide bonds. The zero-order valence-corrected chi connectivity index (χ0v) is 20.3. The van der Waals surface area contributed by atoms with Crippen molar-refractivity contribution in [2.24, 2.45) is 0 Å². The van der Waals surface area contributed by atoms with Gasteiger partial charge in [-0.05, 0) is 35.9 Å². The SMILES string of the molecule is N#Cc1cccc(-c2cn3nc(Cc4c(F)cccc4-c4cnn(Cc5ccccn5)c4)nc3c(N)n2)c1F. The molecule has 4 heterocycles. The van der Waals surface area contributed by atoms with Gasteiger partial charge >= 0.3 is 0 Å². The largest absolute Gasteiger partial charge is 0.381 e. The molecule has 0 unspecified atom stereocenters. The van der Waals surface area contributed by atoms with Crippen molar-refractivity contribution in [3.8, 4) is 28.5 Å². The monoisotopic (exact) mass is 519 g/mol. The van der Waals surface area contributed by atoms with Crippen LogP contribution < -0.4 is 5.73 Å². The van der Waals surface area contributed by atoms with Gasteiger partial charge in [0.15, 0.2) is 17.3 Å². The third-order valence-electron chi connectivity index (χ3n) is 6.23. The molecule has 11 heteroatoms. The summed E-state index contributed by atoms with van der Waals surface area (Å²) in [6, 6.07) is 16.7. The summed E-state index contributed by atoms with van der Waals surface area (Å²) in [5.74, 6) is -0.783. The minimum atomic E-state index is -0.703. The zero-order valence-electron chi connectivity index (χ0n) is 20.3. The van der Waals surface area contributed by atoms with Crippen molar-refractivity contribution in [2.45, 2.75) is 13.0 Å². The normalized spacial score (nSPS) is 11.1. The van der Waals surface area contributed by atoms with Gasteiger partial charge in [-0.2, -0.15) is 15.5 Å². The summed E-state index contributed by atoms with van der Waals surface area (Å²) in [7, 11) is 0. The maximum absolute atomic E-state index is 15.1. The van der Waals surface area contributed by atoms with Crippen LogP contribution in [0, 0.1) is 23.0 Å². The van der Waals surface area contributed by atoms with Gasteiger partial charge < -0.3 is 5.73 Å². The van der Waals surface area contributed by atoms with Crippen LogP contribution in [0.4, 0.5) is 14.6 Å². The fourth-order valence-electron chi connectivity index (χ4n) is 4.39. The van der Waals surface area contributed by atoms with Crippen LogP contribution in [0.15, 0.2) is 79.4 Å². The number of nitrogens with zero attached hydrogens (tertiary/aromatic N) is 8. The lowest BCUT2D eigenvalue weighted by Gasteiger charge is -2.07. The van der Waals surface area contributed by atoms with Crippen molar-refractivity contribution in [2.75, 3.05) is 5.73 Å².